The van der Waals surface area contributed by atoms with E-state index in [-0.39, 0.29) is 4.13 Å². The summed E-state index contributed by atoms with van der Waals surface area (Å²) >= 11 is 0. The number of carbonyl (C=O) groups is 1. The fourth-order valence-electron chi connectivity index (χ4n) is 1.36. The van der Waals surface area contributed by atoms with Crippen molar-refractivity contribution in [2.24, 2.45) is 0 Å². The first-order valence-electron chi connectivity index (χ1n) is 6.35. The van der Waals surface area contributed by atoms with E-state index in [1.807, 2.05) is 0 Å². The second kappa shape index (κ2) is 7.47. The standard InChI is InChI=1S/C12H9F6NO6S2/c1-2-7-3-5-8(6-4-7)9(20)25-10(13)11(14,15)26(21,22)19-27(23,24)12(16,17)18/h2-6,10,19H,1H2. The third kappa shape index (κ3) is 4.98. The number of hydrogen-bond acceptors (Lipinski definition) is 6. The Morgan fingerprint density at radius 1 is 1.04 bits per heavy atom. The molecular weight excluding hydrogens is 432 g/mol. The third-order valence-corrected chi connectivity index (χ3v) is 6.01. The van der Waals surface area contributed by atoms with Crippen LogP contribution in [0.25, 0.3) is 6.08 Å². The van der Waals surface area contributed by atoms with Gasteiger partial charge in [0.15, 0.2) is 0 Å². The van der Waals surface area contributed by atoms with Crippen molar-refractivity contribution < 1.29 is 52.7 Å². The molecule has 27 heavy (non-hydrogen) atoms. The van der Waals surface area contributed by atoms with Crippen LogP contribution < -0.4 is 4.13 Å². The van der Waals surface area contributed by atoms with E-state index in [0.29, 0.717) is 5.56 Å². The molecule has 152 valence electrons. The van der Waals surface area contributed by atoms with E-state index in [1.165, 1.54) is 18.2 Å². The second-order valence-electron chi connectivity index (χ2n) is 4.65. The van der Waals surface area contributed by atoms with Gasteiger partial charge in [0.05, 0.1) is 5.56 Å². The Morgan fingerprint density at radius 2 is 1.52 bits per heavy atom. The maximum absolute atomic E-state index is 13.6. The van der Waals surface area contributed by atoms with Gasteiger partial charge in [-0.05, 0) is 17.7 Å². The molecule has 1 aromatic carbocycles. The number of ether oxygens (including phenoxy) is 1. The molecule has 0 fully saturated rings. The van der Waals surface area contributed by atoms with E-state index in [9.17, 15) is 48.0 Å². The Kier molecular flexibility index (Phi) is 6.34. The van der Waals surface area contributed by atoms with Crippen molar-refractivity contribution in [2.45, 2.75) is 17.1 Å². The zero-order valence-corrected chi connectivity index (χ0v) is 14.3. The molecule has 0 bridgehead atoms. The maximum Gasteiger partial charge on any atom is 0.512 e. The van der Waals surface area contributed by atoms with Crippen LogP contribution in [-0.4, -0.2) is 39.9 Å². The minimum atomic E-state index is -6.80. The number of sulfonamides is 2. The highest BCUT2D eigenvalue weighted by molar-refractivity contribution is 8.05. The van der Waals surface area contributed by atoms with Gasteiger partial charge >= 0.3 is 33.1 Å². The molecule has 0 radical (unpaired) electrons. The minimum absolute atomic E-state index is 0.351. The zero-order valence-electron chi connectivity index (χ0n) is 12.7. The Morgan fingerprint density at radius 3 is 1.93 bits per heavy atom. The van der Waals surface area contributed by atoms with Gasteiger partial charge in [-0.15, -0.1) is 0 Å². The monoisotopic (exact) mass is 441 g/mol. The first kappa shape index (κ1) is 22.9. The Bertz CT molecular complexity index is 924. The van der Waals surface area contributed by atoms with E-state index in [4.69, 9.17) is 0 Å². The van der Waals surface area contributed by atoms with Crippen LogP contribution in [0.2, 0.25) is 0 Å². The predicted octanol–water partition coefficient (Wildman–Crippen LogP) is 2.14. The van der Waals surface area contributed by atoms with Gasteiger partial charge in [-0.2, -0.15) is 26.3 Å². The van der Waals surface area contributed by atoms with Gasteiger partial charge in [-0.25, -0.2) is 21.6 Å². The molecule has 1 aromatic rings. The van der Waals surface area contributed by atoms with Crippen LogP contribution in [0.1, 0.15) is 15.9 Å². The average Bonchev–Trinajstić information content (AvgIpc) is 2.52. The fourth-order valence-corrected chi connectivity index (χ4v) is 3.63. The van der Waals surface area contributed by atoms with Crippen molar-refractivity contribution in [3.63, 3.8) is 0 Å². The summed E-state index contributed by atoms with van der Waals surface area (Å²) in [7, 11) is -13.6. The molecule has 0 heterocycles. The molecule has 0 amide bonds. The summed E-state index contributed by atoms with van der Waals surface area (Å²) in [4.78, 5) is 11.5. The molecule has 1 N–H and O–H groups in total. The van der Waals surface area contributed by atoms with Crippen molar-refractivity contribution in [3.8, 4) is 0 Å². The molecule has 1 rings (SSSR count). The molecule has 15 heteroatoms. The summed E-state index contributed by atoms with van der Waals surface area (Å²) < 4.78 is 124. The molecular formula is C12H9F6NO6S2. The molecule has 0 saturated heterocycles. The highest BCUT2D eigenvalue weighted by Gasteiger charge is 2.60. The van der Waals surface area contributed by atoms with Crippen molar-refractivity contribution in [2.75, 3.05) is 0 Å². The van der Waals surface area contributed by atoms with E-state index in [1.54, 1.807) is 0 Å². The van der Waals surface area contributed by atoms with Crippen LogP contribution in [0, 0.1) is 0 Å². The summed E-state index contributed by atoms with van der Waals surface area (Å²) in [6, 6.07) is 4.43. The van der Waals surface area contributed by atoms with Crippen molar-refractivity contribution in [1.29, 1.82) is 0 Å². The van der Waals surface area contributed by atoms with E-state index in [2.05, 4.69) is 11.3 Å². The minimum Gasteiger partial charge on any atom is -0.419 e. The molecule has 0 aliphatic carbocycles. The summed E-state index contributed by atoms with van der Waals surface area (Å²) in [5, 5.41) is -5.86. The van der Waals surface area contributed by atoms with Crippen LogP contribution >= 0.6 is 0 Å². The van der Waals surface area contributed by atoms with Gasteiger partial charge in [0.1, 0.15) is 0 Å². The molecule has 0 saturated carbocycles. The summed E-state index contributed by atoms with van der Waals surface area (Å²) in [6.45, 7) is 3.38. The van der Waals surface area contributed by atoms with Crippen LogP contribution in [-0.2, 0) is 24.8 Å². The maximum atomic E-state index is 13.6. The van der Waals surface area contributed by atoms with Crippen molar-refractivity contribution >= 4 is 32.1 Å². The van der Waals surface area contributed by atoms with Gasteiger partial charge in [0, 0.05) is 0 Å². The molecule has 1 unspecified atom stereocenters. The number of hydrogen-bond donors (Lipinski definition) is 1. The lowest BCUT2D eigenvalue weighted by Gasteiger charge is -2.21. The number of nitrogens with one attached hydrogen (secondary N) is 1. The summed E-state index contributed by atoms with van der Waals surface area (Å²) in [6.07, 6.45) is -2.98. The van der Waals surface area contributed by atoms with E-state index < -0.39 is 48.7 Å². The van der Waals surface area contributed by atoms with Gasteiger partial charge < -0.3 is 4.74 Å². The van der Waals surface area contributed by atoms with Crippen LogP contribution in [0.4, 0.5) is 26.3 Å². The summed E-state index contributed by atoms with van der Waals surface area (Å²) in [5.74, 6) is -1.79. The lowest BCUT2D eigenvalue weighted by molar-refractivity contribution is -0.122. The quantitative estimate of drug-likeness (QED) is 0.513. The average molecular weight is 441 g/mol. The third-order valence-electron chi connectivity index (χ3n) is 2.74. The number of halogens is 6. The highest BCUT2D eigenvalue weighted by atomic mass is 32.3. The van der Waals surface area contributed by atoms with Crippen LogP contribution in [0.3, 0.4) is 0 Å². The first-order chi connectivity index (χ1) is 12.0. The smallest absolute Gasteiger partial charge is 0.419 e. The predicted molar refractivity (Wildman–Crippen MR) is 78.8 cm³/mol. The Balaban J connectivity index is 3.04. The highest BCUT2D eigenvalue weighted by Crippen LogP contribution is 2.31. The summed E-state index contributed by atoms with van der Waals surface area (Å²) in [5.41, 5.74) is -6.31. The van der Waals surface area contributed by atoms with Gasteiger partial charge in [0.25, 0.3) is 10.0 Å². The van der Waals surface area contributed by atoms with Crippen molar-refractivity contribution in [3.05, 3.63) is 42.0 Å². The molecule has 0 aliphatic rings. The van der Waals surface area contributed by atoms with E-state index in [0.717, 1.165) is 12.1 Å². The molecule has 0 aromatic heterocycles. The topological polar surface area (TPSA) is 107 Å². The second-order valence-corrected chi connectivity index (χ2v) is 8.33. The van der Waals surface area contributed by atoms with Crippen LogP contribution in [0.15, 0.2) is 30.8 Å². The van der Waals surface area contributed by atoms with Crippen molar-refractivity contribution in [1.82, 2.24) is 4.13 Å². The number of esters is 1. The van der Waals surface area contributed by atoms with Crippen LogP contribution in [0.5, 0.6) is 0 Å². The van der Waals surface area contributed by atoms with Gasteiger partial charge in [-0.1, -0.05) is 28.9 Å². The largest absolute Gasteiger partial charge is 0.512 e. The lowest BCUT2D eigenvalue weighted by atomic mass is 10.1. The number of carbonyl (C=O) groups excluding carboxylic acids is 1. The fraction of sp³-hybridized carbons (Fsp3) is 0.250. The number of benzene rings is 1. The Hall–Kier alpha value is -2.13. The lowest BCUT2D eigenvalue weighted by Crippen LogP contribution is -2.51. The Labute approximate surface area is 148 Å². The SMILES string of the molecule is C=Cc1ccc(C(=O)OC(F)C(F)(F)S(=O)(=O)NS(=O)(=O)C(F)(F)F)cc1. The number of alkyl halides is 6. The molecule has 0 aliphatic heterocycles. The molecule has 1 atom stereocenters. The molecule has 7 nitrogen and oxygen atoms in total. The van der Waals surface area contributed by atoms with Gasteiger partial charge in [-0.3, -0.25) is 0 Å². The first-order valence-corrected chi connectivity index (χ1v) is 9.31. The zero-order chi connectivity index (χ0) is 21.3. The van der Waals surface area contributed by atoms with Gasteiger partial charge in [0.2, 0.25) is 0 Å². The normalized spacial score (nSPS) is 14.4. The molecule has 0 spiro atoms. The number of rotatable bonds is 7. The van der Waals surface area contributed by atoms with E-state index >= 15 is 0 Å².